The van der Waals surface area contributed by atoms with E-state index in [0.717, 1.165) is 29.8 Å². The standard InChI is InChI=1S/C17H20N4O3/c1-12-9-16(19(2)18-12)10-17(22)20(14-7-8-14)11-13-3-5-15(6-4-13)21(23)24/h3-6,9,14H,7-8,10-11H2,1-2H3. The van der Waals surface area contributed by atoms with Crippen molar-refractivity contribution in [3.05, 3.63) is 57.4 Å². The number of nitro benzene ring substituents is 1. The lowest BCUT2D eigenvalue weighted by atomic mass is 10.1. The van der Waals surface area contributed by atoms with Gasteiger partial charge in [0.15, 0.2) is 0 Å². The molecule has 1 aromatic carbocycles. The zero-order valence-electron chi connectivity index (χ0n) is 13.8. The number of nitro groups is 1. The fourth-order valence-electron chi connectivity index (χ4n) is 2.81. The molecule has 0 spiro atoms. The molecule has 1 aromatic heterocycles. The van der Waals surface area contributed by atoms with Gasteiger partial charge in [-0.1, -0.05) is 12.1 Å². The minimum Gasteiger partial charge on any atom is -0.335 e. The van der Waals surface area contributed by atoms with Gasteiger partial charge in [-0.25, -0.2) is 0 Å². The van der Waals surface area contributed by atoms with Crippen molar-refractivity contribution in [2.24, 2.45) is 7.05 Å². The highest BCUT2D eigenvalue weighted by atomic mass is 16.6. The minimum absolute atomic E-state index is 0.0633. The Morgan fingerprint density at radius 3 is 2.54 bits per heavy atom. The van der Waals surface area contributed by atoms with E-state index in [9.17, 15) is 14.9 Å². The van der Waals surface area contributed by atoms with Crippen molar-refractivity contribution in [3.8, 4) is 0 Å². The van der Waals surface area contributed by atoms with Gasteiger partial charge in [0.2, 0.25) is 5.91 Å². The highest BCUT2D eigenvalue weighted by Crippen LogP contribution is 2.29. The first-order valence-electron chi connectivity index (χ1n) is 7.96. The van der Waals surface area contributed by atoms with Crippen LogP contribution in [0, 0.1) is 17.0 Å². The van der Waals surface area contributed by atoms with Crippen molar-refractivity contribution in [3.63, 3.8) is 0 Å². The molecular formula is C17H20N4O3. The summed E-state index contributed by atoms with van der Waals surface area (Å²) in [4.78, 5) is 24.9. The third kappa shape index (κ3) is 3.61. The van der Waals surface area contributed by atoms with Crippen LogP contribution in [0.25, 0.3) is 0 Å². The van der Waals surface area contributed by atoms with Crippen LogP contribution < -0.4 is 0 Å². The lowest BCUT2D eigenvalue weighted by molar-refractivity contribution is -0.384. The molecule has 0 saturated heterocycles. The summed E-state index contributed by atoms with van der Waals surface area (Å²) in [5.74, 6) is 0.0684. The van der Waals surface area contributed by atoms with E-state index in [-0.39, 0.29) is 17.6 Å². The lowest BCUT2D eigenvalue weighted by Crippen LogP contribution is -2.34. The van der Waals surface area contributed by atoms with Crippen molar-refractivity contribution in [1.29, 1.82) is 0 Å². The van der Waals surface area contributed by atoms with Crippen molar-refractivity contribution in [2.45, 2.75) is 38.8 Å². The quantitative estimate of drug-likeness (QED) is 0.602. The molecule has 7 nitrogen and oxygen atoms in total. The molecule has 0 bridgehead atoms. The number of amides is 1. The van der Waals surface area contributed by atoms with E-state index in [0.29, 0.717) is 13.0 Å². The first-order valence-corrected chi connectivity index (χ1v) is 7.96. The molecule has 1 saturated carbocycles. The Labute approximate surface area is 140 Å². The average Bonchev–Trinajstić information content (AvgIpc) is 3.31. The van der Waals surface area contributed by atoms with E-state index in [1.165, 1.54) is 12.1 Å². The molecular weight excluding hydrogens is 308 g/mol. The SMILES string of the molecule is Cc1cc(CC(=O)N(Cc2ccc([N+](=O)[O-])cc2)C2CC2)n(C)n1. The largest absolute Gasteiger partial charge is 0.335 e. The van der Waals surface area contributed by atoms with Crippen LogP contribution in [0.5, 0.6) is 0 Å². The molecule has 24 heavy (non-hydrogen) atoms. The third-order valence-electron chi connectivity index (χ3n) is 4.24. The van der Waals surface area contributed by atoms with Gasteiger partial charge in [0.1, 0.15) is 0 Å². The van der Waals surface area contributed by atoms with Crippen LogP contribution in [0.15, 0.2) is 30.3 Å². The van der Waals surface area contributed by atoms with Gasteiger partial charge in [0.05, 0.1) is 17.0 Å². The van der Waals surface area contributed by atoms with E-state index in [1.54, 1.807) is 16.8 Å². The second kappa shape index (κ2) is 6.43. The third-order valence-corrected chi connectivity index (χ3v) is 4.24. The summed E-state index contributed by atoms with van der Waals surface area (Å²) in [6, 6.07) is 8.60. The number of hydrogen-bond acceptors (Lipinski definition) is 4. The highest BCUT2D eigenvalue weighted by Gasteiger charge is 2.32. The number of carbonyl (C=O) groups is 1. The predicted molar refractivity (Wildman–Crippen MR) is 88.3 cm³/mol. The molecule has 0 atom stereocenters. The van der Waals surface area contributed by atoms with Crippen LogP contribution in [0.3, 0.4) is 0 Å². The molecule has 1 amide bonds. The van der Waals surface area contributed by atoms with Crippen molar-refractivity contribution in [2.75, 3.05) is 0 Å². The molecule has 126 valence electrons. The van der Waals surface area contributed by atoms with Crippen LogP contribution in [-0.2, 0) is 24.8 Å². The number of benzene rings is 1. The van der Waals surface area contributed by atoms with Gasteiger partial charge in [-0.2, -0.15) is 5.10 Å². The minimum atomic E-state index is -0.418. The Hall–Kier alpha value is -2.70. The number of aromatic nitrogens is 2. The fraction of sp³-hybridized carbons (Fsp3) is 0.412. The van der Waals surface area contributed by atoms with E-state index >= 15 is 0 Å². The van der Waals surface area contributed by atoms with Gasteiger partial charge >= 0.3 is 0 Å². The topological polar surface area (TPSA) is 81.3 Å². The Morgan fingerprint density at radius 2 is 2.04 bits per heavy atom. The van der Waals surface area contributed by atoms with Crippen LogP contribution in [0.1, 0.15) is 29.8 Å². The maximum absolute atomic E-state index is 12.7. The molecule has 1 heterocycles. The zero-order chi connectivity index (χ0) is 17.3. The normalized spacial score (nSPS) is 13.8. The summed E-state index contributed by atoms with van der Waals surface area (Å²) in [7, 11) is 1.84. The van der Waals surface area contributed by atoms with Gasteiger partial charge < -0.3 is 4.90 Å². The summed E-state index contributed by atoms with van der Waals surface area (Å²) in [6.07, 6.45) is 2.35. The number of non-ortho nitro benzene ring substituents is 1. The molecule has 1 aliphatic rings. The highest BCUT2D eigenvalue weighted by molar-refractivity contribution is 5.79. The Balaban J connectivity index is 1.71. The Morgan fingerprint density at radius 1 is 1.38 bits per heavy atom. The summed E-state index contributed by atoms with van der Waals surface area (Å²) in [6.45, 7) is 2.39. The molecule has 0 N–H and O–H groups in total. The van der Waals surface area contributed by atoms with Crippen molar-refractivity contribution in [1.82, 2.24) is 14.7 Å². The zero-order valence-corrected chi connectivity index (χ0v) is 13.8. The van der Waals surface area contributed by atoms with E-state index in [2.05, 4.69) is 5.10 Å². The molecule has 1 fully saturated rings. The smallest absolute Gasteiger partial charge is 0.269 e. The summed E-state index contributed by atoms with van der Waals surface area (Å²) in [5, 5.41) is 15.0. The maximum atomic E-state index is 12.7. The van der Waals surface area contributed by atoms with Crippen molar-refractivity contribution < 1.29 is 9.72 Å². The summed E-state index contributed by atoms with van der Waals surface area (Å²) in [5.41, 5.74) is 2.76. The monoisotopic (exact) mass is 328 g/mol. The maximum Gasteiger partial charge on any atom is 0.269 e. The molecule has 0 aliphatic heterocycles. The fourth-order valence-corrected chi connectivity index (χ4v) is 2.81. The van der Waals surface area contributed by atoms with Crippen molar-refractivity contribution >= 4 is 11.6 Å². The number of nitrogens with zero attached hydrogens (tertiary/aromatic N) is 4. The van der Waals surface area contributed by atoms with Gasteiger partial charge in [0, 0.05) is 37.5 Å². The Kier molecular flexibility index (Phi) is 4.33. The second-order valence-electron chi connectivity index (χ2n) is 6.25. The van der Waals surface area contributed by atoms with E-state index in [4.69, 9.17) is 0 Å². The molecule has 1 aliphatic carbocycles. The van der Waals surface area contributed by atoms with Gasteiger partial charge in [-0.15, -0.1) is 0 Å². The average molecular weight is 328 g/mol. The predicted octanol–water partition coefficient (Wildman–Crippen LogP) is 2.37. The van der Waals surface area contributed by atoms with Crippen LogP contribution >= 0.6 is 0 Å². The first kappa shape index (κ1) is 16.2. The molecule has 0 unspecified atom stereocenters. The van der Waals surface area contributed by atoms with Gasteiger partial charge in [-0.05, 0) is 31.4 Å². The molecule has 0 radical (unpaired) electrons. The van der Waals surface area contributed by atoms with Crippen LogP contribution in [0.2, 0.25) is 0 Å². The van der Waals surface area contributed by atoms with E-state index in [1.807, 2.05) is 24.9 Å². The number of carbonyl (C=O) groups excluding carboxylic acids is 1. The lowest BCUT2D eigenvalue weighted by Gasteiger charge is -2.22. The second-order valence-corrected chi connectivity index (χ2v) is 6.25. The van der Waals surface area contributed by atoms with E-state index < -0.39 is 4.92 Å². The Bertz CT molecular complexity index is 763. The first-order chi connectivity index (χ1) is 11.4. The molecule has 2 aromatic rings. The van der Waals surface area contributed by atoms with Gasteiger partial charge in [0.25, 0.3) is 5.69 Å². The van der Waals surface area contributed by atoms with Crippen LogP contribution in [-0.4, -0.2) is 31.6 Å². The number of hydrogen-bond donors (Lipinski definition) is 0. The van der Waals surface area contributed by atoms with Gasteiger partial charge in [-0.3, -0.25) is 19.6 Å². The molecule has 7 heteroatoms. The van der Waals surface area contributed by atoms with Crippen LogP contribution in [0.4, 0.5) is 5.69 Å². The summed E-state index contributed by atoms with van der Waals surface area (Å²) < 4.78 is 1.74. The number of rotatable bonds is 6. The molecule has 3 rings (SSSR count). The summed E-state index contributed by atoms with van der Waals surface area (Å²) >= 11 is 0. The number of aryl methyl sites for hydroxylation is 2.